The first-order chi connectivity index (χ1) is 12.2. The average Bonchev–Trinajstić information content (AvgIpc) is 3.05. The number of nitriles is 1. The molecule has 4 rings (SSSR count). The molecule has 6 heteroatoms. The lowest BCUT2D eigenvalue weighted by Crippen LogP contribution is -2.20. The topological polar surface area (TPSA) is 71.9 Å². The Morgan fingerprint density at radius 3 is 2.52 bits per heavy atom. The molecule has 3 aromatic rings. The van der Waals surface area contributed by atoms with E-state index >= 15 is 0 Å². The smallest absolute Gasteiger partial charge is 0.236 e. The van der Waals surface area contributed by atoms with Crippen molar-refractivity contribution in [2.24, 2.45) is 5.73 Å². The average molecular weight is 349 g/mol. The molecule has 0 unspecified atom stereocenters. The van der Waals surface area contributed by atoms with Gasteiger partial charge in [-0.2, -0.15) is 5.26 Å². The number of rotatable bonds is 2. The minimum absolute atomic E-state index is 0.0693. The van der Waals surface area contributed by atoms with Crippen LogP contribution in [0.4, 0.5) is 4.39 Å². The highest BCUT2D eigenvalue weighted by molar-refractivity contribution is 7.15. The number of fused-ring (bicyclic) bond motifs is 1. The summed E-state index contributed by atoms with van der Waals surface area (Å²) in [7, 11) is 0. The summed E-state index contributed by atoms with van der Waals surface area (Å²) in [5, 5.41) is 10.2. The van der Waals surface area contributed by atoms with Gasteiger partial charge in [0.2, 0.25) is 11.8 Å². The van der Waals surface area contributed by atoms with Gasteiger partial charge >= 0.3 is 0 Å². The Morgan fingerprint density at radius 1 is 1.12 bits per heavy atom. The number of aromatic nitrogens is 1. The third-order valence-corrected chi connectivity index (χ3v) is 5.14. The van der Waals surface area contributed by atoms with Gasteiger partial charge in [-0.1, -0.05) is 30.3 Å². The molecule has 25 heavy (non-hydrogen) atoms. The largest absolute Gasteiger partial charge is 0.421 e. The number of thiazole rings is 1. The summed E-state index contributed by atoms with van der Waals surface area (Å²) in [6.45, 7) is 0. The van der Waals surface area contributed by atoms with Gasteiger partial charge < -0.3 is 10.5 Å². The summed E-state index contributed by atoms with van der Waals surface area (Å²) >= 11 is 1.42. The quantitative estimate of drug-likeness (QED) is 0.754. The monoisotopic (exact) mass is 349 g/mol. The highest BCUT2D eigenvalue weighted by atomic mass is 32.1. The zero-order valence-electron chi connectivity index (χ0n) is 12.9. The highest BCUT2D eigenvalue weighted by Crippen LogP contribution is 2.46. The number of halogens is 1. The molecule has 0 radical (unpaired) electrons. The number of hydrogen-bond donors (Lipinski definition) is 1. The van der Waals surface area contributed by atoms with E-state index in [9.17, 15) is 9.65 Å². The second-order valence-corrected chi connectivity index (χ2v) is 6.56. The van der Waals surface area contributed by atoms with Gasteiger partial charge in [-0.05, 0) is 29.8 Å². The lowest BCUT2D eigenvalue weighted by molar-refractivity contribution is 0.383. The van der Waals surface area contributed by atoms with E-state index in [1.165, 1.54) is 23.5 Å². The minimum Gasteiger partial charge on any atom is -0.421 e. The number of hydrogen-bond acceptors (Lipinski definition) is 5. The van der Waals surface area contributed by atoms with Crippen LogP contribution >= 0.6 is 11.3 Å². The fourth-order valence-corrected chi connectivity index (χ4v) is 3.94. The summed E-state index contributed by atoms with van der Waals surface area (Å²) in [6, 6.07) is 17.9. The van der Waals surface area contributed by atoms with Crippen LogP contribution in [0.25, 0.3) is 10.6 Å². The minimum atomic E-state index is -0.318. The second-order valence-electron chi connectivity index (χ2n) is 5.53. The molecule has 0 saturated heterocycles. The van der Waals surface area contributed by atoms with Crippen LogP contribution < -0.4 is 10.5 Å². The summed E-state index contributed by atoms with van der Waals surface area (Å²) in [4.78, 5) is 5.31. The molecule has 0 bridgehead atoms. The summed E-state index contributed by atoms with van der Waals surface area (Å²) in [5.74, 6) is -0.155. The van der Waals surface area contributed by atoms with E-state index < -0.39 is 0 Å². The van der Waals surface area contributed by atoms with Crippen LogP contribution in [0.1, 0.15) is 16.4 Å². The van der Waals surface area contributed by atoms with Gasteiger partial charge in [-0.15, -0.1) is 11.3 Å². The van der Waals surface area contributed by atoms with Crippen molar-refractivity contribution in [3.63, 3.8) is 0 Å². The fourth-order valence-electron chi connectivity index (χ4n) is 2.81. The number of allylic oxidation sites excluding steroid dienone is 1. The standard InChI is InChI=1S/C19H12FN3OS/c20-13-8-6-12(7-9-13)19-23-18-16(25-19)15(11-4-2-1-3-5-11)14(10-21)17(22)24-18/h1-9,15H,22H2/t15-/m1/s1. The van der Waals surface area contributed by atoms with Crippen molar-refractivity contribution in [2.75, 3.05) is 0 Å². The van der Waals surface area contributed by atoms with Crippen molar-refractivity contribution >= 4 is 11.3 Å². The van der Waals surface area contributed by atoms with Gasteiger partial charge in [0.1, 0.15) is 22.5 Å². The Bertz CT molecular complexity index is 1000. The van der Waals surface area contributed by atoms with E-state index in [1.807, 2.05) is 30.3 Å². The Hall–Kier alpha value is -3.17. The normalized spacial score (nSPS) is 16.1. The molecule has 0 saturated carbocycles. The first kappa shape index (κ1) is 15.4. The summed E-state index contributed by atoms with van der Waals surface area (Å²) in [5.41, 5.74) is 8.05. The lowest BCUT2D eigenvalue weighted by Gasteiger charge is -2.22. The Morgan fingerprint density at radius 2 is 1.84 bits per heavy atom. The maximum Gasteiger partial charge on any atom is 0.236 e. The molecule has 1 aromatic heterocycles. The van der Waals surface area contributed by atoms with Crippen LogP contribution in [-0.4, -0.2) is 4.98 Å². The molecular formula is C19H12FN3OS. The zero-order chi connectivity index (χ0) is 17.4. The molecule has 0 aliphatic carbocycles. The van der Waals surface area contributed by atoms with Crippen LogP contribution in [-0.2, 0) is 0 Å². The molecule has 0 fully saturated rings. The maximum atomic E-state index is 13.2. The van der Waals surface area contributed by atoms with E-state index in [-0.39, 0.29) is 17.6 Å². The molecule has 2 N–H and O–H groups in total. The van der Waals surface area contributed by atoms with Crippen molar-refractivity contribution in [1.82, 2.24) is 4.98 Å². The fraction of sp³-hybridized carbons (Fsp3) is 0.0526. The molecule has 122 valence electrons. The number of benzene rings is 2. The van der Waals surface area contributed by atoms with Gasteiger partial charge in [0, 0.05) is 5.56 Å². The van der Waals surface area contributed by atoms with E-state index in [0.29, 0.717) is 16.5 Å². The van der Waals surface area contributed by atoms with Crippen molar-refractivity contribution in [1.29, 1.82) is 5.26 Å². The van der Waals surface area contributed by atoms with E-state index in [4.69, 9.17) is 10.5 Å². The van der Waals surface area contributed by atoms with Crippen LogP contribution in [0, 0.1) is 17.1 Å². The van der Waals surface area contributed by atoms with Crippen molar-refractivity contribution in [3.8, 4) is 22.5 Å². The Labute approximate surface area is 147 Å². The Kier molecular flexibility index (Phi) is 3.71. The van der Waals surface area contributed by atoms with E-state index in [1.54, 1.807) is 12.1 Å². The molecule has 2 aromatic carbocycles. The number of nitrogens with zero attached hydrogens (tertiary/aromatic N) is 2. The van der Waals surface area contributed by atoms with Crippen LogP contribution in [0.5, 0.6) is 5.88 Å². The van der Waals surface area contributed by atoms with Gasteiger partial charge in [0.15, 0.2) is 0 Å². The van der Waals surface area contributed by atoms with Gasteiger partial charge in [0.05, 0.1) is 10.8 Å². The SMILES string of the molecule is N#CC1=C(N)Oc2nc(-c3ccc(F)cc3)sc2[C@@H]1c1ccccc1. The van der Waals surface area contributed by atoms with Gasteiger partial charge in [0.25, 0.3) is 0 Å². The molecule has 1 aliphatic heterocycles. The van der Waals surface area contributed by atoms with Gasteiger partial charge in [-0.25, -0.2) is 9.37 Å². The molecule has 4 nitrogen and oxygen atoms in total. The lowest BCUT2D eigenvalue weighted by atomic mass is 9.89. The molecule has 0 spiro atoms. The molecular weight excluding hydrogens is 337 g/mol. The third-order valence-electron chi connectivity index (χ3n) is 3.99. The maximum absolute atomic E-state index is 13.2. The zero-order valence-corrected chi connectivity index (χ0v) is 13.8. The van der Waals surface area contributed by atoms with E-state index in [2.05, 4.69) is 11.1 Å². The van der Waals surface area contributed by atoms with Crippen molar-refractivity contribution in [3.05, 3.63) is 82.3 Å². The summed E-state index contributed by atoms with van der Waals surface area (Å²) in [6.07, 6.45) is 0. The van der Waals surface area contributed by atoms with E-state index in [0.717, 1.165) is 16.0 Å². The van der Waals surface area contributed by atoms with Gasteiger partial charge in [-0.3, -0.25) is 0 Å². The van der Waals surface area contributed by atoms with Crippen molar-refractivity contribution < 1.29 is 9.13 Å². The molecule has 1 atom stereocenters. The van der Waals surface area contributed by atoms with Crippen molar-refractivity contribution in [2.45, 2.75) is 5.92 Å². The predicted molar refractivity (Wildman–Crippen MR) is 93.2 cm³/mol. The highest BCUT2D eigenvalue weighted by Gasteiger charge is 2.34. The first-order valence-electron chi connectivity index (χ1n) is 7.56. The van der Waals surface area contributed by atoms with Crippen LogP contribution in [0.2, 0.25) is 0 Å². The first-order valence-corrected chi connectivity index (χ1v) is 8.38. The second kappa shape index (κ2) is 6.04. The molecule has 2 heterocycles. The van der Waals surface area contributed by atoms with Crippen LogP contribution in [0.15, 0.2) is 66.1 Å². The summed E-state index contributed by atoms with van der Waals surface area (Å²) < 4.78 is 18.7. The predicted octanol–water partition coefficient (Wildman–Crippen LogP) is 4.17. The number of ether oxygens (including phenoxy) is 1. The van der Waals surface area contributed by atoms with Crippen LogP contribution in [0.3, 0.4) is 0 Å². The molecule has 0 amide bonds. The Balaban J connectivity index is 1.86. The molecule has 1 aliphatic rings. The third kappa shape index (κ3) is 2.65. The number of nitrogens with two attached hydrogens (primary N) is 1.